The Morgan fingerprint density at radius 3 is 2.59 bits per heavy atom. The van der Waals surface area contributed by atoms with Gasteiger partial charge in [0.25, 0.3) is 0 Å². The largest absolute Gasteiger partial charge is 0.490 e. The molecule has 0 fully saturated rings. The van der Waals surface area contributed by atoms with E-state index >= 15 is 0 Å². The lowest BCUT2D eigenvalue weighted by Crippen LogP contribution is -2.37. The lowest BCUT2D eigenvalue weighted by molar-refractivity contribution is 0.0702. The van der Waals surface area contributed by atoms with Crippen molar-refractivity contribution in [3.05, 3.63) is 18.2 Å². The number of aliphatic imine (C=N–C) groups is 1. The van der Waals surface area contributed by atoms with E-state index in [0.717, 1.165) is 62.2 Å². The Hall–Kier alpha value is -1.34. The summed E-state index contributed by atoms with van der Waals surface area (Å²) in [5, 5.41) is 6.78. The van der Waals surface area contributed by atoms with Crippen molar-refractivity contribution in [2.75, 3.05) is 92.4 Å². The number of methoxy groups -OCH3 is 2. The molecule has 2 N–H and O–H groups in total. The SMILES string of the molecule is COCCOCCCN=C(NCCN(C)CCOC)Nc1ccc2c(c1)OCCCO2.I. The summed E-state index contributed by atoms with van der Waals surface area (Å²) in [6.45, 7) is 7.12. The van der Waals surface area contributed by atoms with E-state index in [2.05, 4.69) is 22.6 Å². The number of anilines is 1. The first kappa shape index (κ1) is 28.7. The van der Waals surface area contributed by atoms with Crippen LogP contribution >= 0.6 is 24.0 Å². The summed E-state index contributed by atoms with van der Waals surface area (Å²) in [6.07, 6.45) is 1.72. The van der Waals surface area contributed by atoms with E-state index in [1.165, 1.54) is 0 Å². The summed E-state index contributed by atoms with van der Waals surface area (Å²) in [5.41, 5.74) is 0.902. The van der Waals surface area contributed by atoms with Crippen molar-refractivity contribution < 1.29 is 23.7 Å². The van der Waals surface area contributed by atoms with Gasteiger partial charge in [-0.2, -0.15) is 0 Å². The van der Waals surface area contributed by atoms with Gasteiger partial charge in [-0.15, -0.1) is 24.0 Å². The molecule has 2 rings (SSSR count). The van der Waals surface area contributed by atoms with Crippen LogP contribution in [0.5, 0.6) is 11.5 Å². The second-order valence-electron chi connectivity index (χ2n) is 7.25. The Labute approximate surface area is 209 Å². The summed E-state index contributed by atoms with van der Waals surface area (Å²) < 4.78 is 27.1. The first-order valence-electron chi connectivity index (χ1n) is 10.9. The van der Waals surface area contributed by atoms with Crippen LogP contribution in [0, 0.1) is 0 Å². The second kappa shape index (κ2) is 18.1. The average Bonchev–Trinajstić information content (AvgIpc) is 3.02. The minimum atomic E-state index is 0. The Balaban J connectivity index is 0.00000512. The molecule has 32 heavy (non-hydrogen) atoms. The highest BCUT2D eigenvalue weighted by molar-refractivity contribution is 14.0. The molecule has 1 aromatic rings. The molecule has 0 bridgehead atoms. The van der Waals surface area contributed by atoms with Crippen LogP contribution in [0.25, 0.3) is 0 Å². The number of hydrogen-bond acceptors (Lipinski definition) is 7. The number of halogens is 1. The van der Waals surface area contributed by atoms with Crippen LogP contribution in [0.1, 0.15) is 12.8 Å². The summed E-state index contributed by atoms with van der Waals surface area (Å²) >= 11 is 0. The van der Waals surface area contributed by atoms with Crippen molar-refractivity contribution in [1.82, 2.24) is 10.2 Å². The highest BCUT2D eigenvalue weighted by Crippen LogP contribution is 2.32. The number of likely N-dealkylation sites (N-methyl/N-ethyl adjacent to an activating group) is 1. The van der Waals surface area contributed by atoms with Crippen LogP contribution in [0.3, 0.4) is 0 Å². The van der Waals surface area contributed by atoms with Gasteiger partial charge in [0.05, 0.1) is 33.0 Å². The van der Waals surface area contributed by atoms with Gasteiger partial charge in [-0.05, 0) is 25.6 Å². The quantitative estimate of drug-likeness (QED) is 0.154. The molecule has 0 radical (unpaired) electrons. The number of benzene rings is 1. The van der Waals surface area contributed by atoms with Crippen LogP contribution in [-0.2, 0) is 14.2 Å². The lowest BCUT2D eigenvalue weighted by atomic mass is 10.2. The summed E-state index contributed by atoms with van der Waals surface area (Å²) in [7, 11) is 5.46. The van der Waals surface area contributed by atoms with E-state index in [1.54, 1.807) is 14.2 Å². The van der Waals surface area contributed by atoms with Gasteiger partial charge in [0.15, 0.2) is 17.5 Å². The monoisotopic (exact) mass is 566 g/mol. The zero-order valence-corrected chi connectivity index (χ0v) is 21.9. The van der Waals surface area contributed by atoms with Gasteiger partial charge >= 0.3 is 0 Å². The fourth-order valence-electron chi connectivity index (χ4n) is 2.84. The Morgan fingerprint density at radius 2 is 1.81 bits per heavy atom. The molecule has 184 valence electrons. The number of fused-ring (bicyclic) bond motifs is 1. The fraction of sp³-hybridized carbons (Fsp3) is 0.682. The third-order valence-electron chi connectivity index (χ3n) is 4.62. The molecule has 0 aromatic heterocycles. The van der Waals surface area contributed by atoms with E-state index in [9.17, 15) is 0 Å². The molecule has 0 amide bonds. The van der Waals surface area contributed by atoms with Crippen molar-refractivity contribution in [3.8, 4) is 11.5 Å². The van der Waals surface area contributed by atoms with Gasteiger partial charge in [-0.1, -0.05) is 0 Å². The third-order valence-corrected chi connectivity index (χ3v) is 4.62. The maximum atomic E-state index is 5.80. The van der Waals surface area contributed by atoms with E-state index in [0.29, 0.717) is 39.6 Å². The van der Waals surface area contributed by atoms with Gasteiger partial charge in [-0.3, -0.25) is 4.99 Å². The fourth-order valence-corrected chi connectivity index (χ4v) is 2.84. The van der Waals surface area contributed by atoms with Gasteiger partial charge in [-0.25, -0.2) is 0 Å². The molecule has 0 aliphatic carbocycles. The van der Waals surface area contributed by atoms with Crippen molar-refractivity contribution in [2.45, 2.75) is 12.8 Å². The number of guanidine groups is 1. The first-order chi connectivity index (χ1) is 15.2. The molecule has 0 saturated heterocycles. The molecule has 10 heteroatoms. The molecule has 9 nitrogen and oxygen atoms in total. The van der Waals surface area contributed by atoms with Gasteiger partial charge in [0, 0.05) is 65.2 Å². The zero-order valence-electron chi connectivity index (χ0n) is 19.6. The normalized spacial score (nSPS) is 13.4. The molecule has 1 heterocycles. The predicted octanol–water partition coefficient (Wildman–Crippen LogP) is 2.45. The number of nitrogens with zero attached hydrogens (tertiary/aromatic N) is 2. The van der Waals surface area contributed by atoms with Crippen LogP contribution in [0.2, 0.25) is 0 Å². The van der Waals surface area contributed by atoms with Crippen LogP contribution in [0.4, 0.5) is 5.69 Å². The summed E-state index contributed by atoms with van der Waals surface area (Å²) in [4.78, 5) is 6.91. The average molecular weight is 566 g/mol. The minimum absolute atomic E-state index is 0. The molecule has 1 aliphatic heterocycles. The van der Waals surface area contributed by atoms with Crippen molar-refractivity contribution >= 4 is 35.6 Å². The standard InChI is InChI=1S/C22H38N4O5.HI/c1-26(11-15-27-2)10-9-24-22(23-8-4-12-29-17-16-28-3)25-19-6-7-20-21(18-19)31-14-5-13-30-20;/h6-7,18H,4-5,8-17H2,1-3H3,(H2,23,24,25);1H. The maximum absolute atomic E-state index is 5.80. The van der Waals surface area contributed by atoms with Gasteiger partial charge in [0.1, 0.15) is 0 Å². The molecule has 0 unspecified atom stereocenters. The highest BCUT2D eigenvalue weighted by Gasteiger charge is 2.11. The zero-order chi connectivity index (χ0) is 22.2. The Morgan fingerprint density at radius 1 is 1.03 bits per heavy atom. The smallest absolute Gasteiger partial charge is 0.195 e. The van der Waals surface area contributed by atoms with Gasteiger partial charge < -0.3 is 39.2 Å². The molecule has 0 atom stereocenters. The number of nitrogens with one attached hydrogen (secondary N) is 2. The number of hydrogen-bond donors (Lipinski definition) is 2. The number of ether oxygens (including phenoxy) is 5. The third kappa shape index (κ3) is 12.0. The molecule has 1 aromatic carbocycles. The van der Waals surface area contributed by atoms with Crippen LogP contribution in [-0.4, -0.2) is 97.9 Å². The molecular formula is C22H39IN4O5. The van der Waals surface area contributed by atoms with Crippen molar-refractivity contribution in [3.63, 3.8) is 0 Å². The lowest BCUT2D eigenvalue weighted by Gasteiger charge is -2.18. The Kier molecular flexibility index (Phi) is 16.3. The van der Waals surface area contributed by atoms with Crippen molar-refractivity contribution in [1.29, 1.82) is 0 Å². The number of rotatable bonds is 14. The molecular weight excluding hydrogens is 527 g/mol. The van der Waals surface area contributed by atoms with Crippen LogP contribution in [0.15, 0.2) is 23.2 Å². The molecule has 1 aliphatic rings. The molecule has 0 spiro atoms. The van der Waals surface area contributed by atoms with E-state index < -0.39 is 0 Å². The van der Waals surface area contributed by atoms with E-state index in [1.807, 2.05) is 18.2 Å². The summed E-state index contributed by atoms with van der Waals surface area (Å²) in [5.74, 6) is 2.27. The predicted molar refractivity (Wildman–Crippen MR) is 138 cm³/mol. The molecule has 0 saturated carbocycles. The van der Waals surface area contributed by atoms with E-state index in [-0.39, 0.29) is 24.0 Å². The van der Waals surface area contributed by atoms with Crippen molar-refractivity contribution in [2.24, 2.45) is 4.99 Å². The highest BCUT2D eigenvalue weighted by atomic mass is 127. The second-order valence-corrected chi connectivity index (χ2v) is 7.25. The maximum Gasteiger partial charge on any atom is 0.195 e. The topological polar surface area (TPSA) is 85.8 Å². The van der Waals surface area contributed by atoms with Crippen LogP contribution < -0.4 is 20.1 Å². The first-order valence-corrected chi connectivity index (χ1v) is 10.9. The summed E-state index contributed by atoms with van der Waals surface area (Å²) in [6, 6.07) is 5.86. The minimum Gasteiger partial charge on any atom is -0.490 e. The van der Waals surface area contributed by atoms with E-state index in [4.69, 9.17) is 28.7 Å². The Bertz CT molecular complexity index is 651. The van der Waals surface area contributed by atoms with Gasteiger partial charge in [0.2, 0.25) is 0 Å².